The highest BCUT2D eigenvalue weighted by atomic mass is 32.1. The summed E-state index contributed by atoms with van der Waals surface area (Å²) in [5.74, 6) is 0. The van der Waals surface area contributed by atoms with Gasteiger partial charge in [0.05, 0.1) is 16.8 Å². The molecule has 1 fully saturated rings. The lowest BCUT2D eigenvalue weighted by atomic mass is 10.1. The van der Waals surface area contributed by atoms with Gasteiger partial charge in [-0.3, -0.25) is 0 Å². The maximum absolute atomic E-state index is 5.72. The third-order valence-corrected chi connectivity index (χ3v) is 3.75. The third kappa shape index (κ3) is 3.54. The zero-order valence-electron chi connectivity index (χ0n) is 9.87. The summed E-state index contributed by atoms with van der Waals surface area (Å²) in [5.41, 5.74) is 1.16. The normalized spacial score (nSPS) is 21.2. The van der Waals surface area contributed by atoms with Gasteiger partial charge in [0.25, 0.3) is 0 Å². The molecule has 1 aliphatic heterocycles. The van der Waals surface area contributed by atoms with Crippen LogP contribution in [0.25, 0.3) is 0 Å². The van der Waals surface area contributed by atoms with Crippen LogP contribution in [-0.4, -0.2) is 24.2 Å². The fourth-order valence-electron chi connectivity index (χ4n) is 1.94. The second-order valence-electron chi connectivity index (χ2n) is 4.21. The molecule has 1 aromatic rings. The van der Waals surface area contributed by atoms with E-state index in [2.05, 4.69) is 22.6 Å². The highest BCUT2D eigenvalue weighted by Gasteiger charge is 2.15. The summed E-state index contributed by atoms with van der Waals surface area (Å²) in [6.45, 7) is 4.93. The van der Waals surface area contributed by atoms with Crippen molar-refractivity contribution in [3.8, 4) is 0 Å². The van der Waals surface area contributed by atoms with Gasteiger partial charge in [-0.1, -0.05) is 6.92 Å². The van der Waals surface area contributed by atoms with E-state index in [1.165, 1.54) is 24.3 Å². The number of ether oxygens (including phenoxy) is 1. The van der Waals surface area contributed by atoms with Crippen LogP contribution in [0.2, 0.25) is 0 Å². The Morgan fingerprint density at radius 3 is 3.25 bits per heavy atom. The largest absolute Gasteiger partial charge is 0.378 e. The van der Waals surface area contributed by atoms with Crippen LogP contribution in [-0.2, 0) is 17.7 Å². The van der Waals surface area contributed by atoms with Gasteiger partial charge >= 0.3 is 0 Å². The van der Waals surface area contributed by atoms with Gasteiger partial charge in [0.15, 0.2) is 0 Å². The minimum absolute atomic E-state index is 0.409. The van der Waals surface area contributed by atoms with Crippen molar-refractivity contribution in [3.05, 3.63) is 16.1 Å². The molecule has 16 heavy (non-hydrogen) atoms. The quantitative estimate of drug-likeness (QED) is 0.858. The van der Waals surface area contributed by atoms with Crippen molar-refractivity contribution in [1.29, 1.82) is 0 Å². The van der Waals surface area contributed by atoms with Gasteiger partial charge < -0.3 is 10.1 Å². The molecule has 0 amide bonds. The molecule has 3 nitrogen and oxygen atoms in total. The predicted octanol–water partition coefficient (Wildman–Crippen LogP) is 2.36. The van der Waals surface area contributed by atoms with E-state index in [0.29, 0.717) is 6.10 Å². The topological polar surface area (TPSA) is 34.1 Å². The highest BCUT2D eigenvalue weighted by Crippen LogP contribution is 2.19. The van der Waals surface area contributed by atoms with Crippen LogP contribution in [0.15, 0.2) is 5.38 Å². The Morgan fingerprint density at radius 2 is 2.50 bits per heavy atom. The van der Waals surface area contributed by atoms with Gasteiger partial charge in [0.2, 0.25) is 0 Å². The summed E-state index contributed by atoms with van der Waals surface area (Å²) >= 11 is 1.76. The molecular formula is C12H20N2OS. The van der Waals surface area contributed by atoms with Gasteiger partial charge in [-0.2, -0.15) is 0 Å². The van der Waals surface area contributed by atoms with Crippen molar-refractivity contribution in [1.82, 2.24) is 10.3 Å². The van der Waals surface area contributed by atoms with E-state index in [9.17, 15) is 0 Å². The van der Waals surface area contributed by atoms with Gasteiger partial charge in [0, 0.05) is 25.0 Å². The molecule has 0 bridgehead atoms. The summed E-state index contributed by atoms with van der Waals surface area (Å²) in [5, 5.41) is 6.67. The SMILES string of the molecule is CCNCc1csc(CC2CCCCO2)n1. The number of hydrogen-bond donors (Lipinski definition) is 1. The summed E-state index contributed by atoms with van der Waals surface area (Å²) in [6, 6.07) is 0. The standard InChI is InChI=1S/C12H20N2OS/c1-2-13-8-10-9-16-12(14-10)7-11-5-3-4-6-15-11/h9,11,13H,2-8H2,1H3. The summed E-state index contributed by atoms with van der Waals surface area (Å²) in [6.07, 6.45) is 5.13. The first-order chi connectivity index (χ1) is 7.88. The van der Waals surface area contributed by atoms with Gasteiger partial charge in [-0.05, 0) is 25.8 Å². The Labute approximate surface area is 101 Å². The number of nitrogens with zero attached hydrogens (tertiary/aromatic N) is 1. The molecule has 1 N–H and O–H groups in total. The Bertz CT molecular complexity index is 308. The smallest absolute Gasteiger partial charge is 0.0954 e. The molecule has 1 atom stereocenters. The number of hydrogen-bond acceptors (Lipinski definition) is 4. The number of thiazole rings is 1. The molecular weight excluding hydrogens is 220 g/mol. The summed E-state index contributed by atoms with van der Waals surface area (Å²) in [4.78, 5) is 4.62. The minimum Gasteiger partial charge on any atom is -0.378 e. The minimum atomic E-state index is 0.409. The zero-order chi connectivity index (χ0) is 11.2. The van der Waals surface area contributed by atoms with Gasteiger partial charge in [-0.15, -0.1) is 11.3 Å². The van der Waals surface area contributed by atoms with E-state index in [-0.39, 0.29) is 0 Å². The van der Waals surface area contributed by atoms with E-state index in [4.69, 9.17) is 4.74 Å². The molecule has 4 heteroatoms. The van der Waals surface area contributed by atoms with Crippen LogP contribution < -0.4 is 5.32 Å². The maximum Gasteiger partial charge on any atom is 0.0954 e. The molecule has 90 valence electrons. The molecule has 2 rings (SSSR count). The predicted molar refractivity (Wildman–Crippen MR) is 66.8 cm³/mol. The van der Waals surface area contributed by atoms with E-state index in [1.807, 2.05) is 0 Å². The Balaban J connectivity index is 1.81. The van der Waals surface area contributed by atoms with Crippen molar-refractivity contribution >= 4 is 11.3 Å². The van der Waals surface area contributed by atoms with E-state index >= 15 is 0 Å². The van der Waals surface area contributed by atoms with Crippen LogP contribution >= 0.6 is 11.3 Å². The first-order valence-corrected chi connectivity index (χ1v) is 7.02. The van der Waals surface area contributed by atoms with Crippen LogP contribution in [0, 0.1) is 0 Å². The molecule has 0 spiro atoms. The number of rotatable bonds is 5. The Kier molecular flexibility index (Phi) is 4.75. The van der Waals surface area contributed by atoms with Crippen molar-refractivity contribution < 1.29 is 4.74 Å². The fraction of sp³-hybridized carbons (Fsp3) is 0.750. The van der Waals surface area contributed by atoms with Crippen molar-refractivity contribution in [2.75, 3.05) is 13.2 Å². The molecule has 2 heterocycles. The van der Waals surface area contributed by atoms with Crippen LogP contribution in [0.1, 0.15) is 36.9 Å². The van der Waals surface area contributed by atoms with Crippen LogP contribution in [0.5, 0.6) is 0 Å². The first kappa shape index (κ1) is 12.0. The summed E-state index contributed by atoms with van der Waals surface area (Å²) in [7, 11) is 0. The van der Waals surface area contributed by atoms with Crippen molar-refractivity contribution in [2.45, 2.75) is 45.3 Å². The Hall–Kier alpha value is -0.450. The van der Waals surface area contributed by atoms with E-state index < -0.39 is 0 Å². The molecule has 0 radical (unpaired) electrons. The highest BCUT2D eigenvalue weighted by molar-refractivity contribution is 7.09. The molecule has 1 aromatic heterocycles. The first-order valence-electron chi connectivity index (χ1n) is 6.14. The molecule has 0 saturated carbocycles. The summed E-state index contributed by atoms with van der Waals surface area (Å²) < 4.78 is 5.72. The lowest BCUT2D eigenvalue weighted by molar-refractivity contribution is 0.0167. The molecule has 0 aliphatic carbocycles. The molecule has 1 saturated heterocycles. The average Bonchev–Trinajstić information content (AvgIpc) is 2.75. The second-order valence-corrected chi connectivity index (χ2v) is 5.15. The van der Waals surface area contributed by atoms with Crippen LogP contribution in [0.3, 0.4) is 0 Å². The fourth-order valence-corrected chi connectivity index (χ4v) is 2.80. The number of nitrogens with one attached hydrogen (secondary N) is 1. The molecule has 1 unspecified atom stereocenters. The average molecular weight is 240 g/mol. The van der Waals surface area contributed by atoms with Gasteiger partial charge in [0.1, 0.15) is 0 Å². The number of aromatic nitrogens is 1. The lowest BCUT2D eigenvalue weighted by Crippen LogP contribution is -2.21. The Morgan fingerprint density at radius 1 is 1.56 bits per heavy atom. The van der Waals surface area contributed by atoms with Crippen molar-refractivity contribution in [3.63, 3.8) is 0 Å². The molecule has 0 aromatic carbocycles. The monoisotopic (exact) mass is 240 g/mol. The van der Waals surface area contributed by atoms with Gasteiger partial charge in [-0.25, -0.2) is 4.98 Å². The van der Waals surface area contributed by atoms with E-state index in [0.717, 1.165) is 31.8 Å². The third-order valence-electron chi connectivity index (χ3n) is 2.83. The maximum atomic E-state index is 5.72. The van der Waals surface area contributed by atoms with Crippen molar-refractivity contribution in [2.24, 2.45) is 0 Å². The van der Waals surface area contributed by atoms with Crippen LogP contribution in [0.4, 0.5) is 0 Å². The molecule has 1 aliphatic rings. The zero-order valence-corrected chi connectivity index (χ0v) is 10.7. The van der Waals surface area contributed by atoms with E-state index in [1.54, 1.807) is 11.3 Å². The second kappa shape index (κ2) is 6.33. The lowest BCUT2D eigenvalue weighted by Gasteiger charge is -2.21.